The number of rotatable bonds is 7. The van der Waals surface area contributed by atoms with Crippen LogP contribution in [0.5, 0.6) is 11.5 Å². The van der Waals surface area contributed by atoms with Crippen LogP contribution in [-0.2, 0) is 17.6 Å². The molecule has 8 nitrogen and oxygen atoms in total. The Morgan fingerprint density at radius 2 is 2.12 bits per heavy atom. The van der Waals surface area contributed by atoms with Gasteiger partial charge in [-0.15, -0.1) is 11.3 Å². The summed E-state index contributed by atoms with van der Waals surface area (Å²) in [4.78, 5) is 32.5. The van der Waals surface area contributed by atoms with Gasteiger partial charge in [0, 0.05) is 4.88 Å². The average molecular weight is 483 g/mol. The lowest BCUT2D eigenvalue weighted by Crippen LogP contribution is -2.34. The fourth-order valence-electron chi connectivity index (χ4n) is 4.13. The van der Waals surface area contributed by atoms with Crippen LogP contribution in [0, 0.1) is 5.92 Å². The molecule has 2 atom stereocenters. The molecule has 0 saturated carbocycles. The molecule has 0 radical (unpaired) electrons. The summed E-state index contributed by atoms with van der Waals surface area (Å²) in [5.41, 5.74) is 4.19. The van der Waals surface area contributed by atoms with E-state index in [1.54, 1.807) is 37.5 Å². The molecule has 0 fully saturated rings. The zero-order valence-electron chi connectivity index (χ0n) is 20.1. The molecule has 180 valence electrons. The summed E-state index contributed by atoms with van der Waals surface area (Å²) in [5.74, 6) is 1.43. The molecule has 3 aromatic rings. The highest BCUT2D eigenvalue weighted by atomic mass is 32.1. The van der Waals surface area contributed by atoms with Gasteiger partial charge in [-0.3, -0.25) is 14.2 Å². The zero-order chi connectivity index (χ0) is 24.4. The fraction of sp³-hybridized carbons (Fsp3) is 0.440. The van der Waals surface area contributed by atoms with E-state index < -0.39 is 11.9 Å². The van der Waals surface area contributed by atoms with Crippen LogP contribution < -0.4 is 20.5 Å². The number of fused-ring (bicyclic) bond motifs is 3. The Hall–Kier alpha value is -3.20. The second kappa shape index (κ2) is 9.97. The van der Waals surface area contributed by atoms with Crippen LogP contribution >= 0.6 is 11.3 Å². The third-order valence-corrected chi connectivity index (χ3v) is 7.14. The fourth-order valence-corrected chi connectivity index (χ4v) is 5.47. The minimum absolute atomic E-state index is 0.0226. The van der Waals surface area contributed by atoms with E-state index in [9.17, 15) is 9.59 Å². The number of carbonyl (C=O) groups excluding carboxylic acids is 1. The maximum atomic E-state index is 13.2. The van der Waals surface area contributed by atoms with Crippen LogP contribution in [0.1, 0.15) is 56.2 Å². The molecule has 1 aliphatic carbocycles. The maximum Gasteiger partial charge on any atom is 0.263 e. The minimum atomic E-state index is -0.754. The van der Waals surface area contributed by atoms with E-state index in [-0.39, 0.29) is 11.7 Å². The molecule has 34 heavy (non-hydrogen) atoms. The number of carbonyl (C=O) groups is 1. The smallest absolute Gasteiger partial charge is 0.263 e. The van der Waals surface area contributed by atoms with Crippen LogP contribution in [0.3, 0.4) is 0 Å². The van der Waals surface area contributed by atoms with Crippen molar-refractivity contribution in [3.8, 4) is 11.5 Å². The molecule has 0 unspecified atom stereocenters. The van der Waals surface area contributed by atoms with E-state index >= 15 is 0 Å². The van der Waals surface area contributed by atoms with Crippen molar-refractivity contribution in [1.82, 2.24) is 15.0 Å². The molecule has 1 aliphatic rings. The van der Waals surface area contributed by atoms with Gasteiger partial charge in [0.1, 0.15) is 10.9 Å². The number of aryl methyl sites for hydroxylation is 1. The summed E-state index contributed by atoms with van der Waals surface area (Å²) in [6, 6.07) is 4.64. The molecule has 9 heteroatoms. The van der Waals surface area contributed by atoms with E-state index in [0.717, 1.165) is 35.2 Å². The molecule has 2 heterocycles. The second-order valence-electron chi connectivity index (χ2n) is 8.98. The lowest BCUT2D eigenvalue weighted by Gasteiger charge is -2.18. The summed E-state index contributed by atoms with van der Waals surface area (Å²) in [6.45, 7) is 7.78. The third-order valence-electron chi connectivity index (χ3n) is 5.98. The standard InChI is InChI=1S/C25H30N4O4S/c1-14(2)33-19-9-7-17(11-20(19)32-5)12-27-28-23(30)16(4)29-13-26-24-22(25(29)31)18-8-6-15(3)10-21(18)34-24/h7,9,11-16H,6,8,10H2,1-5H3,(H,28,30)/b27-12-/t15-,16+/m0/s1. The Morgan fingerprint density at radius 1 is 1.32 bits per heavy atom. The van der Waals surface area contributed by atoms with E-state index in [1.807, 2.05) is 19.9 Å². The summed E-state index contributed by atoms with van der Waals surface area (Å²) in [7, 11) is 1.57. The van der Waals surface area contributed by atoms with Gasteiger partial charge in [0.25, 0.3) is 11.5 Å². The van der Waals surface area contributed by atoms with Gasteiger partial charge in [0.2, 0.25) is 0 Å². The predicted octanol–water partition coefficient (Wildman–Crippen LogP) is 4.09. The zero-order valence-corrected chi connectivity index (χ0v) is 20.9. The number of aromatic nitrogens is 2. The Labute approximate surface area is 202 Å². The first kappa shape index (κ1) is 23.9. The van der Waals surface area contributed by atoms with Crippen molar-refractivity contribution in [3.63, 3.8) is 0 Å². The monoisotopic (exact) mass is 482 g/mol. The Kier molecular flexibility index (Phi) is 7.02. The second-order valence-corrected chi connectivity index (χ2v) is 10.1. The first-order valence-electron chi connectivity index (χ1n) is 11.5. The molecule has 0 spiro atoms. The SMILES string of the molecule is COc1cc(/C=N\NC(=O)[C@@H](C)n2cnc3sc4c(c3c2=O)CC[C@H](C)C4)ccc1OC(C)C. The predicted molar refractivity (Wildman–Crippen MR) is 134 cm³/mol. The van der Waals surface area contributed by atoms with Gasteiger partial charge in [-0.05, 0) is 75.3 Å². The van der Waals surface area contributed by atoms with Gasteiger partial charge in [0.15, 0.2) is 11.5 Å². The molecule has 2 aromatic heterocycles. The van der Waals surface area contributed by atoms with Gasteiger partial charge < -0.3 is 9.47 Å². The lowest BCUT2D eigenvalue weighted by atomic mass is 9.89. The number of hydrogen-bond acceptors (Lipinski definition) is 7. The van der Waals surface area contributed by atoms with Crippen molar-refractivity contribution in [1.29, 1.82) is 0 Å². The third kappa shape index (κ3) is 4.84. The number of methoxy groups -OCH3 is 1. The van der Waals surface area contributed by atoms with Crippen LogP contribution in [0.25, 0.3) is 10.2 Å². The molecule has 0 bridgehead atoms. The molecule has 0 saturated heterocycles. The van der Waals surface area contributed by atoms with Gasteiger partial charge in [-0.25, -0.2) is 10.4 Å². The Bertz CT molecular complexity index is 1290. The highest BCUT2D eigenvalue weighted by Crippen LogP contribution is 2.35. The van der Waals surface area contributed by atoms with E-state index in [4.69, 9.17) is 9.47 Å². The van der Waals surface area contributed by atoms with Crippen molar-refractivity contribution in [3.05, 3.63) is 50.9 Å². The first-order chi connectivity index (χ1) is 16.3. The quantitative estimate of drug-likeness (QED) is 0.404. The van der Waals surface area contributed by atoms with E-state index in [1.165, 1.54) is 22.0 Å². The molecule has 4 rings (SSSR count). The van der Waals surface area contributed by atoms with Crippen molar-refractivity contribution in [2.75, 3.05) is 7.11 Å². The van der Waals surface area contributed by atoms with Crippen molar-refractivity contribution < 1.29 is 14.3 Å². The summed E-state index contributed by atoms with van der Waals surface area (Å²) in [5, 5.41) is 4.72. The number of amides is 1. The molecule has 1 amide bonds. The Morgan fingerprint density at radius 3 is 2.85 bits per heavy atom. The van der Waals surface area contributed by atoms with Gasteiger partial charge in [0.05, 0.1) is 31.1 Å². The highest BCUT2D eigenvalue weighted by molar-refractivity contribution is 7.18. The molecule has 0 aliphatic heterocycles. The number of hydrogen-bond donors (Lipinski definition) is 1. The summed E-state index contributed by atoms with van der Waals surface area (Å²) in [6.07, 6.45) is 5.93. The van der Waals surface area contributed by atoms with Crippen molar-refractivity contribution >= 4 is 33.7 Å². The number of nitrogens with one attached hydrogen (secondary N) is 1. The minimum Gasteiger partial charge on any atom is -0.493 e. The van der Waals surface area contributed by atoms with E-state index in [2.05, 4.69) is 22.4 Å². The lowest BCUT2D eigenvalue weighted by molar-refractivity contribution is -0.123. The van der Waals surface area contributed by atoms with Crippen LogP contribution in [0.4, 0.5) is 0 Å². The Balaban J connectivity index is 1.49. The normalized spacial score (nSPS) is 16.6. The number of hydrazone groups is 1. The number of thiophene rings is 1. The van der Waals surface area contributed by atoms with Gasteiger partial charge in [-0.1, -0.05) is 6.92 Å². The maximum absolute atomic E-state index is 13.2. The molecular weight excluding hydrogens is 452 g/mol. The highest BCUT2D eigenvalue weighted by Gasteiger charge is 2.25. The van der Waals surface area contributed by atoms with Crippen LogP contribution in [0.2, 0.25) is 0 Å². The van der Waals surface area contributed by atoms with Gasteiger partial charge >= 0.3 is 0 Å². The molecule has 1 aromatic carbocycles. The first-order valence-corrected chi connectivity index (χ1v) is 12.3. The van der Waals surface area contributed by atoms with Gasteiger partial charge in [-0.2, -0.15) is 5.10 Å². The molecular formula is C25H30N4O4S. The number of benzene rings is 1. The topological polar surface area (TPSA) is 94.8 Å². The van der Waals surface area contributed by atoms with Crippen LogP contribution in [-0.4, -0.2) is 34.9 Å². The van der Waals surface area contributed by atoms with Crippen molar-refractivity contribution in [2.45, 2.75) is 59.1 Å². The largest absolute Gasteiger partial charge is 0.493 e. The van der Waals surface area contributed by atoms with E-state index in [0.29, 0.717) is 22.8 Å². The number of nitrogens with zero attached hydrogens (tertiary/aromatic N) is 3. The summed E-state index contributed by atoms with van der Waals surface area (Å²) < 4.78 is 12.5. The summed E-state index contributed by atoms with van der Waals surface area (Å²) >= 11 is 1.60. The average Bonchev–Trinajstić information content (AvgIpc) is 3.17. The van der Waals surface area contributed by atoms with Crippen LogP contribution in [0.15, 0.2) is 34.4 Å². The number of ether oxygens (including phenoxy) is 2. The molecule has 1 N–H and O–H groups in total. The van der Waals surface area contributed by atoms with Crippen molar-refractivity contribution in [2.24, 2.45) is 11.0 Å².